The highest BCUT2D eigenvalue weighted by atomic mass is 35.5. The maximum atomic E-state index is 12.0. The normalized spacial score (nSPS) is 11.6. The smallest absolute Gasteiger partial charge is 0.418 e. The molecule has 0 saturated carbocycles. The van der Waals surface area contributed by atoms with E-state index in [2.05, 4.69) is 0 Å². The van der Waals surface area contributed by atoms with E-state index in [1.54, 1.807) is 19.1 Å². The average Bonchev–Trinajstić information content (AvgIpc) is 2.74. The quantitative estimate of drug-likeness (QED) is 0.771. The van der Waals surface area contributed by atoms with Crippen molar-refractivity contribution in [1.29, 1.82) is 0 Å². The van der Waals surface area contributed by atoms with Crippen molar-refractivity contribution in [1.82, 2.24) is 4.72 Å². The molecular weight excluding hydrogens is 373 g/mol. The molecule has 0 bridgehead atoms. The summed E-state index contributed by atoms with van der Waals surface area (Å²) in [6.07, 6.45) is -1.64. The Kier molecular flexibility index (Phi) is 5.06. The lowest BCUT2D eigenvalue weighted by Crippen LogP contribution is -2.28. The lowest BCUT2D eigenvalue weighted by Gasteiger charge is -2.05. The van der Waals surface area contributed by atoms with Gasteiger partial charge in [-0.3, -0.25) is 0 Å². The Hall–Kier alpha value is -1.22. The number of carboxylic acid groups (broad SMARTS) is 1. The van der Waals surface area contributed by atoms with Crippen LogP contribution in [0.3, 0.4) is 0 Å². The van der Waals surface area contributed by atoms with Gasteiger partial charge in [0.1, 0.15) is 16.6 Å². The first-order valence-electron chi connectivity index (χ1n) is 5.93. The molecule has 1 aromatic heterocycles. The van der Waals surface area contributed by atoms with Crippen molar-refractivity contribution in [3.8, 4) is 5.75 Å². The third-order valence-corrected chi connectivity index (χ3v) is 6.58. The number of carbonyl (C=O) groups is 1. The van der Waals surface area contributed by atoms with Crippen LogP contribution in [0.4, 0.5) is 4.79 Å². The summed E-state index contributed by atoms with van der Waals surface area (Å²) in [7, 11) is -4.15. The Balaban J connectivity index is 2.58. The van der Waals surface area contributed by atoms with Crippen LogP contribution in [0.15, 0.2) is 16.3 Å². The van der Waals surface area contributed by atoms with Gasteiger partial charge >= 0.3 is 6.09 Å². The summed E-state index contributed by atoms with van der Waals surface area (Å²) in [6, 6.07) is 3.22. The largest absolute Gasteiger partial charge is 0.492 e. The molecule has 0 atom stereocenters. The summed E-state index contributed by atoms with van der Waals surface area (Å²) in [5.41, 5.74) is 0.409. The van der Waals surface area contributed by atoms with Gasteiger partial charge in [-0.25, -0.2) is 17.9 Å². The second-order valence-corrected chi connectivity index (χ2v) is 7.93. The van der Waals surface area contributed by atoms with Gasteiger partial charge in [0.2, 0.25) is 0 Å². The van der Waals surface area contributed by atoms with Crippen molar-refractivity contribution in [3.63, 3.8) is 0 Å². The molecular formula is C12H11Cl2NO5S2. The van der Waals surface area contributed by atoms with Gasteiger partial charge < -0.3 is 9.84 Å². The number of amides is 1. The Bertz CT molecular complexity index is 832. The molecule has 0 aliphatic carbocycles. The monoisotopic (exact) mass is 383 g/mol. The second-order valence-electron chi connectivity index (χ2n) is 4.24. The average molecular weight is 384 g/mol. The van der Waals surface area contributed by atoms with Gasteiger partial charge in [-0.2, -0.15) is 0 Å². The summed E-state index contributed by atoms with van der Waals surface area (Å²) in [5.74, 6) is 0.773. The number of aryl methyl sites for hydroxylation is 1. The summed E-state index contributed by atoms with van der Waals surface area (Å²) in [4.78, 5) is 10.6. The molecule has 1 heterocycles. The lowest BCUT2D eigenvalue weighted by atomic mass is 10.2. The number of hydrogen-bond donors (Lipinski definition) is 2. The number of benzene rings is 1. The highest BCUT2D eigenvalue weighted by molar-refractivity contribution is 7.92. The van der Waals surface area contributed by atoms with Crippen LogP contribution in [0.5, 0.6) is 5.75 Å². The van der Waals surface area contributed by atoms with Crippen LogP contribution in [0.25, 0.3) is 10.1 Å². The Morgan fingerprint density at radius 2 is 2.14 bits per heavy atom. The molecule has 0 spiro atoms. The third kappa shape index (κ3) is 3.40. The first-order valence-corrected chi connectivity index (χ1v) is 9.14. The molecule has 2 rings (SSSR count). The van der Waals surface area contributed by atoms with Gasteiger partial charge in [0, 0.05) is 11.5 Å². The van der Waals surface area contributed by atoms with E-state index < -0.39 is 16.1 Å². The molecule has 1 aromatic carbocycles. The number of nitrogens with one attached hydrogen (secondary N) is 1. The molecule has 10 heteroatoms. The minimum atomic E-state index is -4.15. The van der Waals surface area contributed by atoms with E-state index in [1.165, 1.54) is 4.72 Å². The molecule has 0 saturated heterocycles. The second kappa shape index (κ2) is 6.49. The van der Waals surface area contributed by atoms with Crippen LogP contribution in [0.2, 0.25) is 5.02 Å². The summed E-state index contributed by atoms with van der Waals surface area (Å²) < 4.78 is 31.4. The first-order chi connectivity index (χ1) is 10.3. The van der Waals surface area contributed by atoms with Crippen molar-refractivity contribution in [2.45, 2.75) is 11.1 Å². The number of halogens is 2. The molecule has 0 unspecified atom stereocenters. The van der Waals surface area contributed by atoms with E-state index in [9.17, 15) is 13.2 Å². The summed E-state index contributed by atoms with van der Waals surface area (Å²) in [5, 5.41) is 9.54. The van der Waals surface area contributed by atoms with Crippen molar-refractivity contribution in [2.24, 2.45) is 0 Å². The van der Waals surface area contributed by atoms with E-state index >= 15 is 0 Å². The zero-order valence-electron chi connectivity index (χ0n) is 11.2. The number of rotatable bonds is 5. The predicted molar refractivity (Wildman–Crippen MR) is 86.1 cm³/mol. The van der Waals surface area contributed by atoms with Crippen LogP contribution < -0.4 is 9.46 Å². The van der Waals surface area contributed by atoms with Gasteiger partial charge in [-0.1, -0.05) is 11.6 Å². The molecule has 0 fully saturated rings. The van der Waals surface area contributed by atoms with Crippen LogP contribution in [0, 0.1) is 6.92 Å². The van der Waals surface area contributed by atoms with E-state index in [1.807, 2.05) is 0 Å². The minimum Gasteiger partial charge on any atom is -0.492 e. The number of ether oxygens (including phenoxy) is 1. The SMILES string of the molecule is Cc1c(S(=O)(=O)NC(=O)O)sc2c(Cl)cc(OCCCl)cc12. The predicted octanol–water partition coefficient (Wildman–Crippen LogP) is 3.44. The molecule has 2 aromatic rings. The van der Waals surface area contributed by atoms with Gasteiger partial charge in [0.05, 0.1) is 15.6 Å². The molecule has 2 N–H and O–H groups in total. The van der Waals surface area contributed by atoms with Gasteiger partial charge in [-0.15, -0.1) is 22.9 Å². The van der Waals surface area contributed by atoms with Crippen LogP contribution in [-0.4, -0.2) is 32.1 Å². The van der Waals surface area contributed by atoms with Crippen LogP contribution >= 0.6 is 34.5 Å². The fourth-order valence-electron chi connectivity index (χ4n) is 1.89. The lowest BCUT2D eigenvalue weighted by molar-refractivity contribution is 0.201. The van der Waals surface area contributed by atoms with E-state index in [4.69, 9.17) is 33.0 Å². The topological polar surface area (TPSA) is 92.7 Å². The van der Waals surface area contributed by atoms with Crippen molar-refractivity contribution >= 4 is 60.7 Å². The molecule has 120 valence electrons. The molecule has 6 nitrogen and oxygen atoms in total. The van der Waals surface area contributed by atoms with Gasteiger partial charge in [0.15, 0.2) is 0 Å². The maximum absolute atomic E-state index is 12.0. The van der Waals surface area contributed by atoms with E-state index in [-0.39, 0.29) is 10.8 Å². The van der Waals surface area contributed by atoms with Crippen LogP contribution in [-0.2, 0) is 10.0 Å². The Labute approximate surface area is 140 Å². The van der Waals surface area contributed by atoms with Gasteiger partial charge in [-0.05, 0) is 18.6 Å². The van der Waals surface area contributed by atoms with E-state index in [0.717, 1.165) is 11.3 Å². The zero-order chi connectivity index (χ0) is 16.5. The van der Waals surface area contributed by atoms with E-state index in [0.29, 0.717) is 32.3 Å². The summed E-state index contributed by atoms with van der Waals surface area (Å²) in [6.45, 7) is 1.87. The third-order valence-electron chi connectivity index (χ3n) is 2.73. The fraction of sp³-hybridized carbons (Fsp3) is 0.250. The maximum Gasteiger partial charge on any atom is 0.418 e. The molecule has 1 amide bonds. The number of hydrogen-bond acceptors (Lipinski definition) is 5. The number of sulfonamides is 1. The summed E-state index contributed by atoms with van der Waals surface area (Å²) >= 11 is 12.6. The van der Waals surface area contributed by atoms with Crippen LogP contribution in [0.1, 0.15) is 5.56 Å². The molecule has 0 aliphatic rings. The van der Waals surface area contributed by atoms with Crippen molar-refractivity contribution < 1.29 is 23.1 Å². The van der Waals surface area contributed by atoms with Gasteiger partial charge in [0.25, 0.3) is 10.0 Å². The zero-order valence-corrected chi connectivity index (χ0v) is 14.4. The first kappa shape index (κ1) is 17.1. The molecule has 0 radical (unpaired) electrons. The molecule has 0 aliphatic heterocycles. The highest BCUT2D eigenvalue weighted by Crippen LogP contribution is 2.40. The molecule has 22 heavy (non-hydrogen) atoms. The Morgan fingerprint density at radius 1 is 1.45 bits per heavy atom. The highest BCUT2D eigenvalue weighted by Gasteiger charge is 2.25. The number of fused-ring (bicyclic) bond motifs is 1. The van der Waals surface area contributed by atoms with Crippen molar-refractivity contribution in [3.05, 3.63) is 22.7 Å². The number of thiophene rings is 1. The number of alkyl halides is 1. The minimum absolute atomic E-state index is 0.0960. The standard InChI is InChI=1S/C12H11Cl2NO5S2/c1-6-8-4-7(20-3-2-13)5-9(14)10(8)21-11(6)22(18,19)15-12(16)17/h4-5,15H,2-3H2,1H3,(H,16,17). The Morgan fingerprint density at radius 3 is 2.73 bits per heavy atom. The van der Waals surface area contributed by atoms with Crippen molar-refractivity contribution in [2.75, 3.05) is 12.5 Å². The fourth-order valence-corrected chi connectivity index (χ4v) is 4.87.